The van der Waals surface area contributed by atoms with Gasteiger partial charge in [0.2, 0.25) is 5.91 Å². The predicted molar refractivity (Wildman–Crippen MR) is 53.5 cm³/mol. The first kappa shape index (κ1) is 8.81. The van der Waals surface area contributed by atoms with E-state index in [1.807, 2.05) is 6.08 Å². The molecule has 1 N–H and O–H groups in total. The van der Waals surface area contributed by atoms with Gasteiger partial charge in [0.1, 0.15) is 5.75 Å². The van der Waals surface area contributed by atoms with Crippen LogP contribution >= 0.6 is 0 Å². The summed E-state index contributed by atoms with van der Waals surface area (Å²) >= 11 is 0. The van der Waals surface area contributed by atoms with Crippen molar-refractivity contribution in [2.75, 3.05) is 7.05 Å². The molecule has 0 aliphatic carbocycles. The summed E-state index contributed by atoms with van der Waals surface area (Å²) in [5.41, 5.74) is 1.87. The molecule has 1 aliphatic rings. The Balaban J connectivity index is 2.33. The minimum Gasteiger partial charge on any atom is -0.508 e. The Bertz CT molecular complexity index is 392. The molecule has 0 unspecified atom stereocenters. The van der Waals surface area contributed by atoms with E-state index in [4.69, 9.17) is 5.11 Å². The van der Waals surface area contributed by atoms with E-state index in [1.165, 1.54) is 0 Å². The first-order valence-electron chi connectivity index (χ1n) is 4.44. The van der Waals surface area contributed by atoms with Crippen molar-refractivity contribution < 1.29 is 9.90 Å². The number of aromatic hydroxyl groups is 1. The van der Waals surface area contributed by atoms with Gasteiger partial charge in [-0.05, 0) is 29.8 Å². The standard InChI is InChI=1S/C11H11NO2/c1-12-10(6-7-11(12)14)8-2-4-9(13)5-3-8/h2-6,13H,7H2,1H3. The van der Waals surface area contributed by atoms with E-state index in [9.17, 15) is 4.79 Å². The fraction of sp³-hybridized carbons (Fsp3) is 0.182. The third-order valence-corrected chi connectivity index (χ3v) is 2.37. The molecule has 2 rings (SSSR count). The van der Waals surface area contributed by atoms with Crippen molar-refractivity contribution in [2.24, 2.45) is 0 Å². The summed E-state index contributed by atoms with van der Waals surface area (Å²) in [6.07, 6.45) is 2.36. The van der Waals surface area contributed by atoms with Crippen LogP contribution in [0.2, 0.25) is 0 Å². The minimum atomic E-state index is 0.105. The van der Waals surface area contributed by atoms with Gasteiger partial charge in [0.05, 0.1) is 0 Å². The number of nitrogens with zero attached hydrogens (tertiary/aromatic N) is 1. The lowest BCUT2D eigenvalue weighted by molar-refractivity contribution is -0.125. The normalized spacial score (nSPS) is 15.9. The fourth-order valence-electron chi connectivity index (χ4n) is 1.54. The molecule has 3 heteroatoms. The highest BCUT2D eigenvalue weighted by Crippen LogP contribution is 2.25. The lowest BCUT2D eigenvalue weighted by atomic mass is 10.1. The molecule has 1 heterocycles. The third-order valence-electron chi connectivity index (χ3n) is 2.37. The number of phenols is 1. The largest absolute Gasteiger partial charge is 0.508 e. The van der Waals surface area contributed by atoms with E-state index in [0.29, 0.717) is 6.42 Å². The van der Waals surface area contributed by atoms with Crippen molar-refractivity contribution in [3.63, 3.8) is 0 Å². The molecular weight excluding hydrogens is 178 g/mol. The van der Waals surface area contributed by atoms with Gasteiger partial charge in [-0.1, -0.05) is 6.08 Å². The maximum Gasteiger partial charge on any atom is 0.230 e. The number of carbonyl (C=O) groups is 1. The van der Waals surface area contributed by atoms with Gasteiger partial charge in [-0.25, -0.2) is 0 Å². The van der Waals surface area contributed by atoms with Crippen LogP contribution in [0.4, 0.5) is 0 Å². The van der Waals surface area contributed by atoms with Crippen molar-refractivity contribution in [2.45, 2.75) is 6.42 Å². The van der Waals surface area contributed by atoms with E-state index < -0.39 is 0 Å². The zero-order valence-electron chi connectivity index (χ0n) is 7.90. The third kappa shape index (κ3) is 1.37. The van der Waals surface area contributed by atoms with Gasteiger partial charge in [0, 0.05) is 19.2 Å². The lowest BCUT2D eigenvalue weighted by Gasteiger charge is -2.14. The van der Waals surface area contributed by atoms with E-state index in [2.05, 4.69) is 0 Å². The van der Waals surface area contributed by atoms with Crippen molar-refractivity contribution in [1.82, 2.24) is 4.90 Å². The van der Waals surface area contributed by atoms with Gasteiger partial charge in [0.25, 0.3) is 0 Å². The highest BCUT2D eigenvalue weighted by molar-refractivity contribution is 5.93. The van der Waals surface area contributed by atoms with Gasteiger partial charge >= 0.3 is 0 Å². The Morgan fingerprint density at radius 1 is 1.29 bits per heavy atom. The second kappa shape index (κ2) is 3.18. The molecular formula is C11H11NO2. The summed E-state index contributed by atoms with van der Waals surface area (Å²) in [5.74, 6) is 0.342. The molecule has 1 amide bonds. The van der Waals surface area contributed by atoms with Gasteiger partial charge in [0.15, 0.2) is 0 Å². The van der Waals surface area contributed by atoms with Crippen LogP contribution in [0.3, 0.4) is 0 Å². The zero-order valence-corrected chi connectivity index (χ0v) is 7.90. The van der Waals surface area contributed by atoms with Crippen LogP contribution in [0.15, 0.2) is 30.3 Å². The monoisotopic (exact) mass is 189 g/mol. The number of hydrogen-bond donors (Lipinski definition) is 1. The van der Waals surface area contributed by atoms with Crippen LogP contribution < -0.4 is 0 Å². The maximum atomic E-state index is 11.2. The summed E-state index contributed by atoms with van der Waals surface area (Å²) in [7, 11) is 1.76. The average Bonchev–Trinajstić information content (AvgIpc) is 2.50. The topological polar surface area (TPSA) is 40.5 Å². The molecule has 0 fully saturated rings. The van der Waals surface area contributed by atoms with Crippen molar-refractivity contribution >= 4 is 11.6 Å². The predicted octanol–water partition coefficient (Wildman–Crippen LogP) is 1.60. The lowest BCUT2D eigenvalue weighted by Crippen LogP contribution is -2.18. The van der Waals surface area contributed by atoms with Crippen LogP contribution in [0.5, 0.6) is 5.75 Å². The van der Waals surface area contributed by atoms with Crippen LogP contribution in [-0.4, -0.2) is 23.0 Å². The number of hydrogen-bond acceptors (Lipinski definition) is 2. The first-order chi connectivity index (χ1) is 6.68. The number of carbonyl (C=O) groups excluding carboxylic acids is 1. The second-order valence-electron chi connectivity index (χ2n) is 3.29. The molecule has 0 atom stereocenters. The second-order valence-corrected chi connectivity index (χ2v) is 3.29. The van der Waals surface area contributed by atoms with E-state index >= 15 is 0 Å². The smallest absolute Gasteiger partial charge is 0.230 e. The quantitative estimate of drug-likeness (QED) is 0.728. The highest BCUT2D eigenvalue weighted by Gasteiger charge is 2.20. The van der Waals surface area contributed by atoms with Crippen LogP contribution in [-0.2, 0) is 4.79 Å². The average molecular weight is 189 g/mol. The Kier molecular flexibility index (Phi) is 2.00. The summed E-state index contributed by atoms with van der Waals surface area (Å²) in [4.78, 5) is 12.9. The molecule has 0 spiro atoms. The molecule has 0 aromatic heterocycles. The summed E-state index contributed by atoms with van der Waals surface area (Å²) < 4.78 is 0. The Labute approximate surface area is 82.3 Å². The number of benzene rings is 1. The Morgan fingerprint density at radius 2 is 1.93 bits per heavy atom. The van der Waals surface area contributed by atoms with Crippen molar-refractivity contribution in [3.05, 3.63) is 35.9 Å². The molecule has 0 saturated heterocycles. The van der Waals surface area contributed by atoms with E-state index in [0.717, 1.165) is 11.3 Å². The van der Waals surface area contributed by atoms with Crippen molar-refractivity contribution in [1.29, 1.82) is 0 Å². The van der Waals surface area contributed by atoms with Gasteiger partial charge < -0.3 is 10.0 Å². The number of rotatable bonds is 1. The molecule has 1 aliphatic heterocycles. The van der Waals surface area contributed by atoms with Gasteiger partial charge in [-0.15, -0.1) is 0 Å². The van der Waals surface area contributed by atoms with E-state index in [1.54, 1.807) is 36.2 Å². The highest BCUT2D eigenvalue weighted by atomic mass is 16.3. The molecule has 0 radical (unpaired) electrons. The fourth-order valence-corrected chi connectivity index (χ4v) is 1.54. The van der Waals surface area contributed by atoms with Gasteiger partial charge in [-0.3, -0.25) is 4.79 Å². The molecule has 1 aromatic carbocycles. The molecule has 1 aromatic rings. The van der Waals surface area contributed by atoms with Crippen LogP contribution in [0.1, 0.15) is 12.0 Å². The van der Waals surface area contributed by atoms with Crippen LogP contribution in [0.25, 0.3) is 5.70 Å². The van der Waals surface area contributed by atoms with Gasteiger partial charge in [-0.2, -0.15) is 0 Å². The maximum absolute atomic E-state index is 11.2. The SMILES string of the molecule is CN1C(=O)CC=C1c1ccc(O)cc1. The number of phenolic OH excluding ortho intramolecular Hbond substituents is 1. The Hall–Kier alpha value is -1.77. The molecule has 3 nitrogen and oxygen atoms in total. The zero-order chi connectivity index (χ0) is 10.1. The molecule has 0 saturated carbocycles. The Morgan fingerprint density at radius 3 is 2.43 bits per heavy atom. The van der Waals surface area contributed by atoms with Crippen molar-refractivity contribution in [3.8, 4) is 5.75 Å². The van der Waals surface area contributed by atoms with E-state index in [-0.39, 0.29) is 11.7 Å². The number of amides is 1. The summed E-state index contributed by atoms with van der Waals surface area (Å²) in [6.45, 7) is 0. The summed E-state index contributed by atoms with van der Waals surface area (Å²) in [6, 6.07) is 6.84. The summed E-state index contributed by atoms with van der Waals surface area (Å²) in [5, 5.41) is 9.12. The molecule has 72 valence electrons. The molecule has 0 bridgehead atoms. The minimum absolute atomic E-state index is 0.105. The first-order valence-corrected chi connectivity index (χ1v) is 4.44. The van der Waals surface area contributed by atoms with Crippen LogP contribution in [0, 0.1) is 0 Å². The molecule has 14 heavy (non-hydrogen) atoms.